The van der Waals surface area contributed by atoms with Crippen molar-refractivity contribution in [2.45, 2.75) is 24.5 Å². The average Bonchev–Trinajstić information content (AvgIpc) is 2.14. The summed E-state index contributed by atoms with van der Waals surface area (Å²) >= 11 is 1.88. The van der Waals surface area contributed by atoms with E-state index in [1.165, 1.54) is 5.75 Å². The normalized spacial score (nSPS) is 31.9. The van der Waals surface area contributed by atoms with Crippen LogP contribution in [0.5, 0.6) is 0 Å². The lowest BCUT2D eigenvalue weighted by Crippen LogP contribution is -2.63. The highest BCUT2D eigenvalue weighted by Gasteiger charge is 2.46. The second-order valence-electron chi connectivity index (χ2n) is 4.11. The Morgan fingerprint density at radius 2 is 2.21 bits per heavy atom. The van der Waals surface area contributed by atoms with E-state index in [2.05, 4.69) is 18.2 Å². The summed E-state index contributed by atoms with van der Waals surface area (Å²) in [5.74, 6) is 1.18. The van der Waals surface area contributed by atoms with Gasteiger partial charge in [0.2, 0.25) is 0 Å². The van der Waals surface area contributed by atoms with Gasteiger partial charge in [0, 0.05) is 31.5 Å². The van der Waals surface area contributed by atoms with Crippen LogP contribution in [0, 0.1) is 0 Å². The molecule has 14 heavy (non-hydrogen) atoms. The number of likely N-dealkylation sites (N-methyl/N-ethyl adjacent to an activating group) is 1. The maximum atomic E-state index is 5.85. The number of methoxy groups -OCH3 is 1. The molecule has 0 radical (unpaired) electrons. The number of nitrogens with zero attached hydrogens (tertiary/aromatic N) is 1. The minimum Gasteiger partial charge on any atom is -0.381 e. The molecule has 0 aromatic rings. The monoisotopic (exact) mass is 218 g/mol. The molecule has 1 aliphatic rings. The van der Waals surface area contributed by atoms with Gasteiger partial charge in [0.1, 0.15) is 0 Å². The molecule has 3 nitrogen and oxygen atoms in total. The Kier molecular flexibility index (Phi) is 4.70. The van der Waals surface area contributed by atoms with E-state index < -0.39 is 0 Å². The molecule has 0 aromatic heterocycles. The maximum Gasteiger partial charge on any atom is 0.0607 e. The number of thioether (sulfide) groups is 1. The highest BCUT2D eigenvalue weighted by atomic mass is 32.2. The third kappa shape index (κ3) is 2.42. The molecular formula is C10H22N2OS. The molecule has 0 unspecified atom stereocenters. The van der Waals surface area contributed by atoms with Crippen molar-refractivity contribution < 1.29 is 4.74 Å². The van der Waals surface area contributed by atoms with E-state index in [0.717, 1.165) is 25.9 Å². The van der Waals surface area contributed by atoms with Gasteiger partial charge in [-0.25, -0.2) is 0 Å². The van der Waals surface area contributed by atoms with Crippen LogP contribution in [0.15, 0.2) is 0 Å². The van der Waals surface area contributed by atoms with Crippen LogP contribution in [-0.4, -0.2) is 55.8 Å². The van der Waals surface area contributed by atoms with Gasteiger partial charge in [-0.3, -0.25) is 4.90 Å². The highest BCUT2D eigenvalue weighted by molar-refractivity contribution is 7.98. The van der Waals surface area contributed by atoms with Gasteiger partial charge in [0.05, 0.1) is 6.10 Å². The molecule has 0 saturated heterocycles. The van der Waals surface area contributed by atoms with Gasteiger partial charge in [-0.1, -0.05) is 0 Å². The Bertz CT molecular complexity index is 172. The Hall–Kier alpha value is 0.230. The minimum atomic E-state index is 0.219. The van der Waals surface area contributed by atoms with Crippen LogP contribution in [-0.2, 0) is 4.74 Å². The lowest BCUT2D eigenvalue weighted by atomic mass is 9.73. The Labute approximate surface area is 91.4 Å². The average molecular weight is 218 g/mol. The van der Waals surface area contributed by atoms with E-state index in [0.29, 0.717) is 6.10 Å². The van der Waals surface area contributed by atoms with E-state index in [1.807, 2.05) is 11.8 Å². The number of hydrogen-bond acceptors (Lipinski definition) is 4. The predicted octanol–water partition coefficient (Wildman–Crippen LogP) is 0.787. The predicted molar refractivity (Wildman–Crippen MR) is 62.8 cm³/mol. The van der Waals surface area contributed by atoms with Crippen molar-refractivity contribution in [2.75, 3.05) is 39.3 Å². The molecule has 0 atom stereocenters. The van der Waals surface area contributed by atoms with Crippen LogP contribution < -0.4 is 5.73 Å². The summed E-state index contributed by atoms with van der Waals surface area (Å²) < 4.78 is 5.31. The second-order valence-corrected chi connectivity index (χ2v) is 5.09. The molecule has 1 aliphatic carbocycles. The van der Waals surface area contributed by atoms with E-state index in [4.69, 9.17) is 10.5 Å². The van der Waals surface area contributed by atoms with Gasteiger partial charge in [0.25, 0.3) is 0 Å². The summed E-state index contributed by atoms with van der Waals surface area (Å²) in [6, 6.07) is 0. The smallest absolute Gasteiger partial charge is 0.0607 e. The van der Waals surface area contributed by atoms with Crippen molar-refractivity contribution in [3.63, 3.8) is 0 Å². The lowest BCUT2D eigenvalue weighted by Gasteiger charge is -2.52. The largest absolute Gasteiger partial charge is 0.381 e. The first-order valence-corrected chi connectivity index (χ1v) is 6.51. The molecule has 4 heteroatoms. The number of hydrogen-bond donors (Lipinski definition) is 1. The third-order valence-electron chi connectivity index (χ3n) is 3.37. The van der Waals surface area contributed by atoms with Crippen LogP contribution in [0.4, 0.5) is 0 Å². The molecule has 0 amide bonds. The number of ether oxygens (including phenoxy) is 1. The summed E-state index contributed by atoms with van der Waals surface area (Å²) in [5, 5.41) is 0. The van der Waals surface area contributed by atoms with E-state index in [-0.39, 0.29) is 5.54 Å². The SMILES string of the molecule is COC1CC(CN)(N(C)CCSC)C1. The zero-order valence-corrected chi connectivity index (χ0v) is 10.3. The summed E-state index contributed by atoms with van der Waals surface area (Å²) in [5.41, 5.74) is 6.07. The third-order valence-corrected chi connectivity index (χ3v) is 3.96. The zero-order valence-electron chi connectivity index (χ0n) is 9.45. The van der Waals surface area contributed by atoms with Crippen LogP contribution >= 0.6 is 11.8 Å². The van der Waals surface area contributed by atoms with Crippen molar-refractivity contribution in [3.8, 4) is 0 Å². The Morgan fingerprint density at radius 3 is 2.64 bits per heavy atom. The number of nitrogens with two attached hydrogens (primary N) is 1. The molecule has 0 bridgehead atoms. The summed E-state index contributed by atoms with van der Waals surface area (Å²) in [7, 11) is 3.96. The topological polar surface area (TPSA) is 38.5 Å². The van der Waals surface area contributed by atoms with Gasteiger partial charge in [-0.15, -0.1) is 0 Å². The minimum absolute atomic E-state index is 0.219. The molecule has 1 rings (SSSR count). The standard InChI is InChI=1S/C10H22N2OS/c1-12(4-5-14-3)10(8-11)6-9(7-10)13-2/h9H,4-8,11H2,1-3H3. The summed E-state index contributed by atoms with van der Waals surface area (Å²) in [6.07, 6.45) is 4.74. The first-order valence-electron chi connectivity index (χ1n) is 5.11. The van der Waals surface area contributed by atoms with Crippen molar-refractivity contribution >= 4 is 11.8 Å². The first-order chi connectivity index (χ1) is 6.68. The fraction of sp³-hybridized carbons (Fsp3) is 1.00. The number of rotatable bonds is 6. The second kappa shape index (κ2) is 5.35. The lowest BCUT2D eigenvalue weighted by molar-refractivity contribution is -0.0762. The zero-order chi connectivity index (χ0) is 10.6. The van der Waals surface area contributed by atoms with Crippen LogP contribution in [0.3, 0.4) is 0 Å². The van der Waals surface area contributed by atoms with Crippen LogP contribution in [0.2, 0.25) is 0 Å². The fourth-order valence-electron chi connectivity index (χ4n) is 2.05. The molecule has 1 fully saturated rings. The molecule has 1 saturated carbocycles. The van der Waals surface area contributed by atoms with Gasteiger partial charge in [0.15, 0.2) is 0 Å². The molecule has 2 N–H and O–H groups in total. The van der Waals surface area contributed by atoms with Crippen LogP contribution in [0.1, 0.15) is 12.8 Å². The van der Waals surface area contributed by atoms with Gasteiger partial charge in [-0.2, -0.15) is 11.8 Å². The molecule has 84 valence electrons. The maximum absolute atomic E-state index is 5.85. The van der Waals surface area contributed by atoms with Crippen molar-refractivity contribution in [1.29, 1.82) is 0 Å². The van der Waals surface area contributed by atoms with E-state index in [9.17, 15) is 0 Å². The molecule has 0 heterocycles. The van der Waals surface area contributed by atoms with E-state index >= 15 is 0 Å². The Morgan fingerprint density at radius 1 is 1.57 bits per heavy atom. The highest BCUT2D eigenvalue weighted by Crippen LogP contribution is 2.37. The molecule has 0 aromatic carbocycles. The van der Waals surface area contributed by atoms with Crippen molar-refractivity contribution in [1.82, 2.24) is 4.90 Å². The molecule has 0 aliphatic heterocycles. The van der Waals surface area contributed by atoms with Crippen molar-refractivity contribution in [2.24, 2.45) is 5.73 Å². The van der Waals surface area contributed by atoms with Gasteiger partial charge < -0.3 is 10.5 Å². The molecular weight excluding hydrogens is 196 g/mol. The van der Waals surface area contributed by atoms with Gasteiger partial charge in [-0.05, 0) is 26.1 Å². The quantitative estimate of drug-likeness (QED) is 0.715. The fourth-order valence-corrected chi connectivity index (χ4v) is 2.51. The first kappa shape index (κ1) is 12.3. The summed E-state index contributed by atoms with van der Waals surface area (Å²) in [6.45, 7) is 1.87. The summed E-state index contributed by atoms with van der Waals surface area (Å²) in [4.78, 5) is 2.40. The van der Waals surface area contributed by atoms with E-state index in [1.54, 1.807) is 7.11 Å². The Balaban J connectivity index is 2.38. The molecule has 0 spiro atoms. The van der Waals surface area contributed by atoms with Crippen LogP contribution in [0.25, 0.3) is 0 Å². The van der Waals surface area contributed by atoms with Crippen molar-refractivity contribution in [3.05, 3.63) is 0 Å². The van der Waals surface area contributed by atoms with Gasteiger partial charge >= 0.3 is 0 Å².